The molecule has 0 radical (unpaired) electrons. The van der Waals surface area contributed by atoms with Crippen LogP contribution in [0.25, 0.3) is 0 Å². The van der Waals surface area contributed by atoms with Crippen LogP contribution in [0.5, 0.6) is 5.75 Å². The van der Waals surface area contributed by atoms with Gasteiger partial charge in [-0.05, 0) is 93.7 Å². The fraction of sp³-hybridized carbons (Fsp3) is 0.395. The van der Waals surface area contributed by atoms with E-state index in [1.807, 2.05) is 75.1 Å². The maximum absolute atomic E-state index is 14.4. The lowest BCUT2D eigenvalue weighted by Gasteiger charge is -2.46. The number of hydrogen-bond donors (Lipinski definition) is 2. The molecule has 9 nitrogen and oxygen atoms in total. The number of ether oxygens (including phenoxy) is 1. The van der Waals surface area contributed by atoms with E-state index in [-0.39, 0.29) is 35.4 Å². The fourth-order valence-electron chi connectivity index (χ4n) is 7.91. The molecule has 0 bridgehead atoms. The SMILES string of the molecule is Cc1c(C)c(S(=O)(=O)NC(N)=NCCC[C@H]2C(=O)N(Cc3ccccc3)C[C@@H](CCc3ccccc3)N2Cc2ccccc2)c(C)c2c1OC(C)(C)C2. The van der Waals surface area contributed by atoms with Crippen LogP contribution in [0, 0.1) is 20.8 Å². The Morgan fingerprint density at radius 1 is 0.849 bits per heavy atom. The van der Waals surface area contributed by atoms with E-state index < -0.39 is 15.6 Å². The highest BCUT2D eigenvalue weighted by molar-refractivity contribution is 7.90. The molecule has 53 heavy (non-hydrogen) atoms. The van der Waals surface area contributed by atoms with Crippen LogP contribution in [-0.2, 0) is 40.7 Å². The molecule has 0 aliphatic carbocycles. The third-order valence-electron chi connectivity index (χ3n) is 10.6. The van der Waals surface area contributed by atoms with E-state index in [2.05, 4.69) is 63.1 Å². The van der Waals surface area contributed by atoms with Gasteiger partial charge in [0.05, 0.1) is 10.9 Å². The number of piperazine rings is 1. The third-order valence-corrected chi connectivity index (χ3v) is 12.3. The standard InChI is InChI=1S/C43H53N5O4S/c1-30-31(2)40(32(3)37-26-43(4,5)52-39(30)37)53(50,51)46-42(44)45-25-15-22-38-41(49)47(27-34-18-11-7-12-19-34)29-36(24-23-33-16-9-6-10-17-33)48(38)28-35-20-13-8-14-21-35/h6-14,16-21,36,38H,15,22-29H2,1-5H3,(H3,44,45,46)/t36-,38+/m1/s1. The van der Waals surface area contributed by atoms with Crippen LogP contribution in [0.2, 0.25) is 0 Å². The van der Waals surface area contributed by atoms with Crippen LogP contribution in [-0.4, -0.2) is 60.9 Å². The molecule has 0 spiro atoms. The van der Waals surface area contributed by atoms with E-state index in [0.29, 0.717) is 50.0 Å². The zero-order chi connectivity index (χ0) is 37.8. The lowest BCUT2D eigenvalue weighted by molar-refractivity contribution is -0.147. The molecule has 3 N–H and O–H groups in total. The molecular weight excluding hydrogens is 683 g/mol. The first-order valence-corrected chi connectivity index (χ1v) is 20.1. The zero-order valence-electron chi connectivity index (χ0n) is 31.6. The molecule has 10 heteroatoms. The van der Waals surface area contributed by atoms with Crippen LogP contribution < -0.4 is 15.2 Å². The summed E-state index contributed by atoms with van der Waals surface area (Å²) in [6, 6.07) is 30.7. The summed E-state index contributed by atoms with van der Waals surface area (Å²) in [6.45, 7) is 11.7. The Kier molecular flexibility index (Phi) is 11.6. The van der Waals surface area contributed by atoms with Crippen molar-refractivity contribution in [3.8, 4) is 5.75 Å². The summed E-state index contributed by atoms with van der Waals surface area (Å²) < 4.78 is 36.2. The van der Waals surface area contributed by atoms with E-state index in [9.17, 15) is 13.2 Å². The van der Waals surface area contributed by atoms with Crippen molar-refractivity contribution in [3.05, 3.63) is 130 Å². The number of fused-ring (bicyclic) bond motifs is 1. The van der Waals surface area contributed by atoms with Gasteiger partial charge in [0.1, 0.15) is 11.4 Å². The van der Waals surface area contributed by atoms with Gasteiger partial charge in [0.25, 0.3) is 10.0 Å². The van der Waals surface area contributed by atoms with Crippen molar-refractivity contribution < 1.29 is 17.9 Å². The average Bonchev–Trinajstić information content (AvgIpc) is 3.47. The topological polar surface area (TPSA) is 117 Å². The van der Waals surface area contributed by atoms with Crippen LogP contribution >= 0.6 is 0 Å². The van der Waals surface area contributed by atoms with Crippen molar-refractivity contribution in [2.45, 2.75) is 102 Å². The normalized spacial score (nSPS) is 18.8. The van der Waals surface area contributed by atoms with Crippen LogP contribution in [0.15, 0.2) is 101 Å². The van der Waals surface area contributed by atoms with Gasteiger partial charge < -0.3 is 15.4 Å². The third kappa shape index (κ3) is 8.93. The highest BCUT2D eigenvalue weighted by atomic mass is 32.2. The molecule has 1 fully saturated rings. The number of guanidine groups is 1. The summed E-state index contributed by atoms with van der Waals surface area (Å²) in [6.07, 6.45) is 3.55. The number of benzene rings is 4. The Balaban J connectivity index is 1.20. The molecule has 1 saturated heterocycles. The zero-order valence-corrected chi connectivity index (χ0v) is 32.5. The Labute approximate surface area is 315 Å². The summed E-state index contributed by atoms with van der Waals surface area (Å²) in [7, 11) is -4.02. The highest BCUT2D eigenvalue weighted by Crippen LogP contribution is 2.43. The molecule has 0 aromatic heterocycles. The molecule has 6 rings (SSSR count). The highest BCUT2D eigenvalue weighted by Gasteiger charge is 2.40. The molecule has 0 saturated carbocycles. The maximum atomic E-state index is 14.4. The van der Waals surface area contributed by atoms with Gasteiger partial charge in [0.15, 0.2) is 0 Å². The Morgan fingerprint density at radius 3 is 2.06 bits per heavy atom. The van der Waals surface area contributed by atoms with E-state index in [0.717, 1.165) is 40.8 Å². The van der Waals surface area contributed by atoms with E-state index in [4.69, 9.17) is 10.5 Å². The number of carbonyl (C=O) groups excluding carboxylic acids is 1. The average molecular weight is 736 g/mol. The quantitative estimate of drug-likeness (QED) is 0.0907. The summed E-state index contributed by atoms with van der Waals surface area (Å²) in [4.78, 5) is 23.4. The number of nitrogens with one attached hydrogen (secondary N) is 1. The number of rotatable bonds is 13. The van der Waals surface area contributed by atoms with Gasteiger partial charge in [-0.25, -0.2) is 13.1 Å². The van der Waals surface area contributed by atoms with Crippen LogP contribution in [0.4, 0.5) is 0 Å². The Morgan fingerprint density at radius 2 is 1.43 bits per heavy atom. The van der Waals surface area contributed by atoms with Gasteiger partial charge in [-0.3, -0.25) is 14.7 Å². The second-order valence-corrected chi connectivity index (χ2v) is 16.7. The molecule has 4 aromatic carbocycles. The molecule has 1 amide bonds. The second kappa shape index (κ2) is 16.1. The predicted octanol–water partition coefficient (Wildman–Crippen LogP) is 6.61. The molecule has 4 aromatic rings. The van der Waals surface area contributed by atoms with E-state index in [1.165, 1.54) is 5.56 Å². The Bertz CT molecular complexity index is 2040. The first-order valence-electron chi connectivity index (χ1n) is 18.6. The smallest absolute Gasteiger partial charge is 0.264 e. The van der Waals surface area contributed by atoms with Crippen molar-refractivity contribution in [2.75, 3.05) is 13.1 Å². The summed E-state index contributed by atoms with van der Waals surface area (Å²) in [5.74, 6) is 0.707. The van der Waals surface area contributed by atoms with Gasteiger partial charge in [0.2, 0.25) is 11.9 Å². The van der Waals surface area contributed by atoms with Gasteiger partial charge in [-0.2, -0.15) is 0 Å². The molecule has 280 valence electrons. The maximum Gasteiger partial charge on any atom is 0.264 e. The number of carbonyl (C=O) groups is 1. The van der Waals surface area contributed by atoms with Crippen molar-refractivity contribution in [1.82, 2.24) is 14.5 Å². The van der Waals surface area contributed by atoms with Crippen molar-refractivity contribution in [3.63, 3.8) is 0 Å². The first-order chi connectivity index (χ1) is 25.3. The minimum absolute atomic E-state index is 0.100. The first kappa shape index (κ1) is 38.1. The minimum Gasteiger partial charge on any atom is -0.487 e. The summed E-state index contributed by atoms with van der Waals surface area (Å²) in [5.41, 5.74) is 12.4. The minimum atomic E-state index is -4.02. The molecule has 2 atom stereocenters. The number of nitrogens with two attached hydrogens (primary N) is 1. The lowest BCUT2D eigenvalue weighted by atomic mass is 9.94. The fourth-order valence-corrected chi connectivity index (χ4v) is 9.44. The number of nitrogens with zero attached hydrogens (tertiary/aromatic N) is 3. The van der Waals surface area contributed by atoms with Gasteiger partial charge in [-0.1, -0.05) is 91.0 Å². The molecule has 2 aliphatic rings. The number of sulfonamides is 1. The van der Waals surface area contributed by atoms with E-state index >= 15 is 0 Å². The largest absolute Gasteiger partial charge is 0.487 e. The van der Waals surface area contributed by atoms with Gasteiger partial charge in [0, 0.05) is 44.2 Å². The number of hydrogen-bond acceptors (Lipinski definition) is 6. The molecular formula is C43H53N5O4S. The second-order valence-electron chi connectivity index (χ2n) is 15.1. The monoisotopic (exact) mass is 735 g/mol. The lowest BCUT2D eigenvalue weighted by Crippen LogP contribution is -2.61. The van der Waals surface area contributed by atoms with E-state index in [1.54, 1.807) is 6.92 Å². The Hall–Kier alpha value is -4.67. The number of amides is 1. The summed E-state index contributed by atoms with van der Waals surface area (Å²) in [5, 5.41) is 0. The molecule has 2 heterocycles. The van der Waals surface area contributed by atoms with Gasteiger partial charge >= 0.3 is 0 Å². The molecule has 2 aliphatic heterocycles. The molecule has 0 unspecified atom stereocenters. The van der Waals surface area contributed by atoms with Crippen molar-refractivity contribution >= 4 is 21.9 Å². The van der Waals surface area contributed by atoms with Crippen LogP contribution in [0.1, 0.15) is 72.1 Å². The number of aryl methyl sites for hydroxylation is 1. The van der Waals surface area contributed by atoms with Crippen LogP contribution in [0.3, 0.4) is 0 Å². The van der Waals surface area contributed by atoms with Crippen molar-refractivity contribution in [2.24, 2.45) is 10.7 Å². The predicted molar refractivity (Wildman–Crippen MR) is 211 cm³/mol. The van der Waals surface area contributed by atoms with Crippen molar-refractivity contribution in [1.29, 1.82) is 0 Å². The summed E-state index contributed by atoms with van der Waals surface area (Å²) >= 11 is 0. The van der Waals surface area contributed by atoms with Gasteiger partial charge in [-0.15, -0.1) is 0 Å². The number of aliphatic imine (C=N–C) groups is 1.